The highest BCUT2D eigenvalue weighted by atomic mass is 16.2. The van der Waals surface area contributed by atoms with E-state index in [1.807, 2.05) is 0 Å². The number of amides is 2. The van der Waals surface area contributed by atoms with Gasteiger partial charge in [-0.25, -0.2) is 0 Å². The van der Waals surface area contributed by atoms with Gasteiger partial charge >= 0.3 is 0 Å². The normalized spacial score (nSPS) is 14.0. The maximum atomic E-state index is 12.2. The standard InChI is InChI=1S/C13H9N3O4/c14-13(20)7-5-16-10(18)4-9(17)15-8-3-1-2-6(11(8)16)12(7)19/h1-3,5H,4H2,(H2,14,20)(H,15,17). The van der Waals surface area contributed by atoms with Gasteiger partial charge in [0, 0.05) is 11.6 Å². The number of para-hydroxylation sites is 1. The molecule has 1 aliphatic rings. The minimum absolute atomic E-state index is 0.161. The third kappa shape index (κ3) is 1.60. The maximum Gasteiger partial charge on any atom is 0.254 e. The molecule has 2 heterocycles. The first-order chi connectivity index (χ1) is 9.49. The fourth-order valence-electron chi connectivity index (χ4n) is 2.27. The lowest BCUT2D eigenvalue weighted by molar-refractivity contribution is -0.115. The number of carbonyl (C=O) groups is 3. The van der Waals surface area contributed by atoms with E-state index in [-0.39, 0.29) is 22.9 Å². The van der Waals surface area contributed by atoms with Crippen LogP contribution in [0.15, 0.2) is 29.2 Å². The number of primary amides is 1. The van der Waals surface area contributed by atoms with Crippen molar-refractivity contribution in [1.82, 2.24) is 4.57 Å². The van der Waals surface area contributed by atoms with E-state index in [2.05, 4.69) is 5.32 Å². The van der Waals surface area contributed by atoms with Crippen LogP contribution < -0.4 is 16.5 Å². The molecule has 1 aromatic heterocycles. The van der Waals surface area contributed by atoms with Crippen LogP contribution in [0.25, 0.3) is 10.9 Å². The molecule has 0 fully saturated rings. The Balaban J connectivity index is 2.53. The van der Waals surface area contributed by atoms with E-state index in [0.717, 1.165) is 10.8 Å². The monoisotopic (exact) mass is 271 g/mol. The number of nitrogens with zero attached hydrogens (tertiary/aromatic N) is 1. The Morgan fingerprint density at radius 1 is 1.25 bits per heavy atom. The van der Waals surface area contributed by atoms with E-state index in [9.17, 15) is 19.2 Å². The first-order valence-electron chi connectivity index (χ1n) is 5.80. The first kappa shape index (κ1) is 12.1. The second kappa shape index (κ2) is 4.02. The largest absolute Gasteiger partial charge is 0.365 e. The molecule has 0 spiro atoms. The minimum atomic E-state index is -0.914. The van der Waals surface area contributed by atoms with Crippen molar-refractivity contribution in [3.8, 4) is 0 Å². The third-order valence-corrected chi connectivity index (χ3v) is 3.14. The average Bonchev–Trinajstić information content (AvgIpc) is 2.50. The number of aromatic nitrogens is 1. The van der Waals surface area contributed by atoms with E-state index < -0.39 is 23.2 Å². The number of benzene rings is 1. The lowest BCUT2D eigenvalue weighted by Crippen LogP contribution is -2.26. The molecular formula is C13H9N3O4. The highest BCUT2D eigenvalue weighted by molar-refractivity contribution is 6.14. The Hall–Kier alpha value is -2.96. The van der Waals surface area contributed by atoms with E-state index >= 15 is 0 Å². The number of hydrogen-bond donors (Lipinski definition) is 2. The molecule has 0 atom stereocenters. The fourth-order valence-corrected chi connectivity index (χ4v) is 2.27. The van der Waals surface area contributed by atoms with Crippen LogP contribution in [0.2, 0.25) is 0 Å². The molecule has 1 aliphatic heterocycles. The van der Waals surface area contributed by atoms with E-state index in [1.165, 1.54) is 6.07 Å². The zero-order valence-electron chi connectivity index (χ0n) is 10.2. The van der Waals surface area contributed by atoms with Gasteiger partial charge in [0.15, 0.2) is 0 Å². The van der Waals surface area contributed by atoms with Gasteiger partial charge in [0.1, 0.15) is 12.0 Å². The van der Waals surface area contributed by atoms with Crippen molar-refractivity contribution < 1.29 is 14.4 Å². The lowest BCUT2D eigenvalue weighted by atomic mass is 10.1. The van der Waals surface area contributed by atoms with Gasteiger partial charge in [-0.1, -0.05) is 6.07 Å². The maximum absolute atomic E-state index is 12.2. The van der Waals surface area contributed by atoms with Gasteiger partial charge < -0.3 is 11.1 Å². The topological polar surface area (TPSA) is 111 Å². The Morgan fingerprint density at radius 2 is 2.00 bits per heavy atom. The second-order valence-electron chi connectivity index (χ2n) is 4.43. The molecule has 20 heavy (non-hydrogen) atoms. The SMILES string of the molecule is NC(=O)c1cn2c3c(cccc3c1=O)NC(=O)CC2=O. The number of anilines is 1. The molecule has 0 radical (unpaired) electrons. The average molecular weight is 271 g/mol. The minimum Gasteiger partial charge on any atom is -0.365 e. The molecule has 2 aromatic rings. The van der Waals surface area contributed by atoms with E-state index in [1.54, 1.807) is 12.1 Å². The van der Waals surface area contributed by atoms with Crippen LogP contribution in [0.4, 0.5) is 5.69 Å². The van der Waals surface area contributed by atoms with Gasteiger partial charge in [0.05, 0.1) is 11.2 Å². The van der Waals surface area contributed by atoms with Crippen LogP contribution in [0.5, 0.6) is 0 Å². The second-order valence-corrected chi connectivity index (χ2v) is 4.43. The molecule has 3 N–H and O–H groups in total. The molecular weight excluding hydrogens is 262 g/mol. The van der Waals surface area contributed by atoms with Crippen LogP contribution in [-0.2, 0) is 4.79 Å². The molecule has 7 heteroatoms. The Labute approximate surface area is 112 Å². The molecule has 0 saturated heterocycles. The Kier molecular flexibility index (Phi) is 2.43. The molecule has 2 amide bonds. The number of rotatable bonds is 1. The zero-order chi connectivity index (χ0) is 14.4. The molecule has 7 nitrogen and oxygen atoms in total. The third-order valence-electron chi connectivity index (χ3n) is 3.14. The van der Waals surface area contributed by atoms with Gasteiger partial charge in [-0.05, 0) is 12.1 Å². The number of nitrogens with one attached hydrogen (secondary N) is 1. The molecule has 0 aliphatic carbocycles. The Bertz CT molecular complexity index is 851. The van der Waals surface area contributed by atoms with Crippen molar-refractivity contribution in [2.24, 2.45) is 5.73 Å². The summed E-state index contributed by atoms with van der Waals surface area (Å²) in [6.07, 6.45) is 0.726. The summed E-state index contributed by atoms with van der Waals surface area (Å²) in [5.41, 5.74) is 4.94. The van der Waals surface area contributed by atoms with E-state index in [4.69, 9.17) is 5.73 Å². The predicted octanol–water partition coefficient (Wildman–Crippen LogP) is 0.0828. The van der Waals surface area contributed by atoms with Crippen LogP contribution in [0.3, 0.4) is 0 Å². The molecule has 0 saturated carbocycles. The van der Waals surface area contributed by atoms with Crippen molar-refractivity contribution in [3.05, 3.63) is 40.2 Å². The quantitative estimate of drug-likeness (QED) is 0.715. The van der Waals surface area contributed by atoms with Gasteiger partial charge in [-0.15, -0.1) is 0 Å². The fraction of sp³-hybridized carbons (Fsp3) is 0.0769. The van der Waals surface area contributed by atoms with Crippen molar-refractivity contribution in [1.29, 1.82) is 0 Å². The molecule has 3 rings (SSSR count). The highest BCUT2D eigenvalue weighted by Crippen LogP contribution is 2.24. The molecule has 1 aromatic carbocycles. The summed E-state index contributed by atoms with van der Waals surface area (Å²) in [5.74, 6) is -1.92. The van der Waals surface area contributed by atoms with Crippen molar-refractivity contribution in [2.45, 2.75) is 6.42 Å². The summed E-state index contributed by atoms with van der Waals surface area (Å²) in [5, 5.41) is 2.72. The number of hydrogen-bond acceptors (Lipinski definition) is 4. The predicted molar refractivity (Wildman–Crippen MR) is 70.6 cm³/mol. The van der Waals surface area contributed by atoms with Crippen LogP contribution in [0.1, 0.15) is 21.6 Å². The smallest absolute Gasteiger partial charge is 0.254 e. The van der Waals surface area contributed by atoms with E-state index in [0.29, 0.717) is 5.69 Å². The number of pyridine rings is 1. The summed E-state index contributed by atoms with van der Waals surface area (Å²) in [6, 6.07) is 4.62. The van der Waals surface area contributed by atoms with Crippen LogP contribution >= 0.6 is 0 Å². The molecule has 100 valence electrons. The zero-order valence-corrected chi connectivity index (χ0v) is 10.2. The summed E-state index contributed by atoms with van der Waals surface area (Å²) >= 11 is 0. The van der Waals surface area contributed by atoms with Gasteiger partial charge in [0.25, 0.3) is 5.91 Å². The Morgan fingerprint density at radius 3 is 2.70 bits per heavy atom. The van der Waals surface area contributed by atoms with Crippen molar-refractivity contribution >= 4 is 34.3 Å². The van der Waals surface area contributed by atoms with Gasteiger partial charge in [0.2, 0.25) is 17.2 Å². The van der Waals surface area contributed by atoms with Gasteiger partial charge in [-0.2, -0.15) is 0 Å². The lowest BCUT2D eigenvalue weighted by Gasteiger charge is -2.10. The summed E-state index contributed by atoms with van der Waals surface area (Å²) in [4.78, 5) is 47.1. The first-order valence-corrected chi connectivity index (χ1v) is 5.80. The molecule has 0 bridgehead atoms. The van der Waals surface area contributed by atoms with Crippen molar-refractivity contribution in [3.63, 3.8) is 0 Å². The molecule has 0 unspecified atom stereocenters. The van der Waals surface area contributed by atoms with Crippen LogP contribution in [-0.4, -0.2) is 22.3 Å². The van der Waals surface area contributed by atoms with Crippen LogP contribution in [0, 0.1) is 0 Å². The number of nitrogens with two attached hydrogens (primary N) is 1. The summed E-state index contributed by atoms with van der Waals surface area (Å²) in [6.45, 7) is 0. The van der Waals surface area contributed by atoms with Crippen molar-refractivity contribution in [2.75, 3.05) is 5.32 Å². The number of carbonyl (C=O) groups excluding carboxylic acids is 3. The summed E-state index contributed by atoms with van der Waals surface area (Å²) < 4.78 is 1.13. The van der Waals surface area contributed by atoms with Gasteiger partial charge in [-0.3, -0.25) is 23.7 Å². The highest BCUT2D eigenvalue weighted by Gasteiger charge is 2.23. The summed E-state index contributed by atoms with van der Waals surface area (Å²) in [7, 11) is 0.